The van der Waals surface area contributed by atoms with Crippen LogP contribution < -0.4 is 15.8 Å². The molecule has 0 unspecified atom stereocenters. The number of amides is 2. The van der Waals surface area contributed by atoms with Crippen molar-refractivity contribution in [3.8, 4) is 30.4 Å². The number of nitrogens with zero attached hydrogens (tertiary/aromatic N) is 3. The molecule has 1 aromatic heterocycles. The van der Waals surface area contributed by atoms with Crippen molar-refractivity contribution in [1.82, 2.24) is 14.9 Å². The van der Waals surface area contributed by atoms with E-state index in [1.54, 1.807) is 5.01 Å². The van der Waals surface area contributed by atoms with Crippen LogP contribution in [0.3, 0.4) is 0 Å². The molecule has 2 amide bonds. The Morgan fingerprint density at radius 2 is 1.97 bits per heavy atom. The van der Waals surface area contributed by atoms with Gasteiger partial charge in [-0.25, -0.2) is 8.78 Å². The van der Waals surface area contributed by atoms with Crippen molar-refractivity contribution in [1.29, 1.82) is 0 Å². The van der Waals surface area contributed by atoms with E-state index in [9.17, 15) is 28.3 Å². The van der Waals surface area contributed by atoms with Crippen molar-refractivity contribution in [2.24, 2.45) is 5.92 Å². The normalized spacial score (nSPS) is 12.8. The molecule has 0 saturated heterocycles. The molecule has 2 N–H and O–H groups in total. The number of carbonyl (C=O) groups is 2. The SMILES string of the molecule is C#CC(C#C)CCN1CN(C)C(=O)c2c(O)c(=O)c(C(=O)NCc3ccc(F)cc3F)cn21. The Morgan fingerprint density at radius 3 is 2.61 bits per heavy atom. The molecular weight excluding hydrogens is 434 g/mol. The third-order valence-corrected chi connectivity index (χ3v) is 5.17. The van der Waals surface area contributed by atoms with Crippen LogP contribution in [0.1, 0.15) is 32.8 Å². The van der Waals surface area contributed by atoms with E-state index in [4.69, 9.17) is 12.8 Å². The quantitative estimate of drug-likeness (QED) is 0.636. The largest absolute Gasteiger partial charge is 0.502 e. The molecule has 8 nitrogen and oxygen atoms in total. The first-order valence-corrected chi connectivity index (χ1v) is 9.81. The average Bonchev–Trinajstić information content (AvgIpc) is 2.78. The van der Waals surface area contributed by atoms with E-state index in [1.165, 1.54) is 16.6 Å². The van der Waals surface area contributed by atoms with Crippen LogP contribution in [0.25, 0.3) is 0 Å². The molecule has 1 aromatic carbocycles. The molecule has 0 saturated carbocycles. The lowest BCUT2D eigenvalue weighted by atomic mass is 10.1. The van der Waals surface area contributed by atoms with E-state index in [1.807, 2.05) is 0 Å². The molecule has 0 atom stereocenters. The van der Waals surface area contributed by atoms with Gasteiger partial charge >= 0.3 is 0 Å². The molecule has 3 rings (SSSR count). The van der Waals surface area contributed by atoms with Gasteiger partial charge in [0.2, 0.25) is 5.43 Å². The Hall–Kier alpha value is -4.31. The van der Waals surface area contributed by atoms with E-state index < -0.39 is 46.1 Å². The predicted molar refractivity (Wildman–Crippen MR) is 116 cm³/mol. The number of aromatic nitrogens is 1. The number of halogens is 2. The molecule has 0 radical (unpaired) electrons. The highest BCUT2D eigenvalue weighted by Gasteiger charge is 2.32. The fourth-order valence-corrected chi connectivity index (χ4v) is 3.34. The number of fused-ring (bicyclic) bond motifs is 1. The number of terminal acetylenes is 2. The second kappa shape index (κ2) is 9.45. The molecule has 10 heteroatoms. The van der Waals surface area contributed by atoms with Gasteiger partial charge in [-0.05, 0) is 12.5 Å². The predicted octanol–water partition coefficient (Wildman–Crippen LogP) is 1.02. The van der Waals surface area contributed by atoms with Crippen LogP contribution in [-0.2, 0) is 6.54 Å². The zero-order valence-corrected chi connectivity index (χ0v) is 17.6. The van der Waals surface area contributed by atoms with Gasteiger partial charge in [0.15, 0.2) is 11.4 Å². The van der Waals surface area contributed by atoms with Gasteiger partial charge in [0, 0.05) is 38.0 Å². The molecular formula is C23H20F2N4O4. The monoisotopic (exact) mass is 454 g/mol. The molecule has 0 fully saturated rings. The average molecular weight is 454 g/mol. The zero-order chi connectivity index (χ0) is 24.3. The zero-order valence-electron chi connectivity index (χ0n) is 17.6. The molecule has 0 spiro atoms. The minimum atomic E-state index is -1.06. The van der Waals surface area contributed by atoms with Crippen molar-refractivity contribution < 1.29 is 23.5 Å². The summed E-state index contributed by atoms with van der Waals surface area (Å²) < 4.78 is 28.1. The Labute approximate surface area is 188 Å². The number of rotatable bonds is 6. The van der Waals surface area contributed by atoms with Gasteiger partial charge in [-0.3, -0.25) is 24.1 Å². The van der Waals surface area contributed by atoms with E-state index in [0.29, 0.717) is 12.5 Å². The molecule has 2 aromatic rings. The molecule has 1 aliphatic rings. The molecule has 0 bridgehead atoms. The summed E-state index contributed by atoms with van der Waals surface area (Å²) in [5, 5.41) is 14.4. The molecule has 33 heavy (non-hydrogen) atoms. The highest BCUT2D eigenvalue weighted by Crippen LogP contribution is 2.21. The van der Waals surface area contributed by atoms with Crippen LogP contribution in [0, 0.1) is 42.2 Å². The molecule has 2 heterocycles. The highest BCUT2D eigenvalue weighted by atomic mass is 19.1. The number of hydrogen-bond donors (Lipinski definition) is 2. The fraction of sp³-hybridized carbons (Fsp3) is 0.261. The Bertz CT molecular complexity index is 1240. The maximum Gasteiger partial charge on any atom is 0.277 e. The standard InChI is InChI=1S/C23H20F2N4O4/c1-4-14(5-2)8-9-28-13-27(3)23(33)19-21(31)20(30)17(12-29(19)28)22(32)26-11-15-6-7-16(24)10-18(15)25/h1-2,6-7,10,12,14,31H,8-9,11,13H2,3H3,(H,26,32). The lowest BCUT2D eigenvalue weighted by Gasteiger charge is -2.38. The van der Waals surface area contributed by atoms with Crippen LogP contribution in [0.15, 0.2) is 29.2 Å². The van der Waals surface area contributed by atoms with Crippen LogP contribution in [0.2, 0.25) is 0 Å². The van der Waals surface area contributed by atoms with Crippen molar-refractivity contribution in [3.63, 3.8) is 0 Å². The summed E-state index contributed by atoms with van der Waals surface area (Å²) in [6.07, 6.45) is 12.3. The number of aromatic hydroxyl groups is 1. The third-order valence-electron chi connectivity index (χ3n) is 5.17. The maximum absolute atomic E-state index is 13.8. The highest BCUT2D eigenvalue weighted by molar-refractivity contribution is 5.99. The van der Waals surface area contributed by atoms with Gasteiger partial charge in [0.1, 0.15) is 23.9 Å². The van der Waals surface area contributed by atoms with Crippen molar-refractivity contribution in [3.05, 3.63) is 63.1 Å². The van der Waals surface area contributed by atoms with E-state index in [-0.39, 0.29) is 31.0 Å². The number of benzene rings is 1. The third kappa shape index (κ3) is 4.65. The summed E-state index contributed by atoms with van der Waals surface area (Å²) in [6.45, 7) is 0.00993. The first kappa shape index (κ1) is 23.4. The number of nitrogens with one attached hydrogen (secondary N) is 1. The summed E-state index contributed by atoms with van der Waals surface area (Å²) >= 11 is 0. The lowest BCUT2D eigenvalue weighted by molar-refractivity contribution is 0.0730. The minimum absolute atomic E-state index is 0.0000685. The second-order valence-electron chi connectivity index (χ2n) is 7.38. The molecule has 0 aliphatic carbocycles. The van der Waals surface area contributed by atoms with Gasteiger partial charge in [-0.2, -0.15) is 0 Å². The Kier molecular flexibility index (Phi) is 6.69. The first-order chi connectivity index (χ1) is 15.7. The van der Waals surface area contributed by atoms with Crippen LogP contribution >= 0.6 is 0 Å². The summed E-state index contributed by atoms with van der Waals surface area (Å²) in [6, 6.07) is 2.86. The summed E-state index contributed by atoms with van der Waals surface area (Å²) in [7, 11) is 1.49. The Balaban J connectivity index is 1.93. The lowest BCUT2D eigenvalue weighted by Crippen LogP contribution is -2.53. The fourth-order valence-electron chi connectivity index (χ4n) is 3.34. The van der Waals surface area contributed by atoms with Gasteiger partial charge < -0.3 is 15.3 Å². The number of hydrogen-bond acceptors (Lipinski definition) is 5. The summed E-state index contributed by atoms with van der Waals surface area (Å²) in [5.74, 6) is 0.371. The van der Waals surface area contributed by atoms with Gasteiger partial charge in [0.05, 0.1) is 5.92 Å². The summed E-state index contributed by atoms with van der Waals surface area (Å²) in [4.78, 5) is 39.2. The van der Waals surface area contributed by atoms with Gasteiger partial charge in [-0.15, -0.1) is 12.8 Å². The van der Waals surface area contributed by atoms with Gasteiger partial charge in [0.25, 0.3) is 11.8 Å². The first-order valence-electron chi connectivity index (χ1n) is 9.81. The van der Waals surface area contributed by atoms with E-state index >= 15 is 0 Å². The van der Waals surface area contributed by atoms with Crippen LogP contribution in [0.4, 0.5) is 8.78 Å². The van der Waals surface area contributed by atoms with Crippen molar-refractivity contribution in [2.75, 3.05) is 25.3 Å². The number of carbonyl (C=O) groups excluding carboxylic acids is 2. The smallest absolute Gasteiger partial charge is 0.277 e. The maximum atomic E-state index is 13.8. The van der Waals surface area contributed by atoms with E-state index in [2.05, 4.69) is 17.2 Å². The molecule has 1 aliphatic heterocycles. The van der Waals surface area contributed by atoms with Crippen LogP contribution in [0.5, 0.6) is 5.75 Å². The van der Waals surface area contributed by atoms with Crippen molar-refractivity contribution >= 4 is 11.8 Å². The van der Waals surface area contributed by atoms with Crippen LogP contribution in [-0.4, -0.2) is 46.8 Å². The van der Waals surface area contributed by atoms with Crippen molar-refractivity contribution in [2.45, 2.75) is 13.0 Å². The minimum Gasteiger partial charge on any atom is -0.502 e. The number of pyridine rings is 1. The molecule has 170 valence electrons. The second-order valence-corrected chi connectivity index (χ2v) is 7.38. The van der Waals surface area contributed by atoms with E-state index in [0.717, 1.165) is 18.3 Å². The Morgan fingerprint density at radius 1 is 1.27 bits per heavy atom. The van der Waals surface area contributed by atoms with Gasteiger partial charge in [-0.1, -0.05) is 17.9 Å². The topological polar surface area (TPSA) is 94.9 Å². The summed E-state index contributed by atoms with van der Waals surface area (Å²) in [5.41, 5.74) is -1.84.